The van der Waals surface area contributed by atoms with Crippen molar-refractivity contribution in [1.82, 2.24) is 10.2 Å². The van der Waals surface area contributed by atoms with Gasteiger partial charge in [0, 0.05) is 13.0 Å². The molecule has 1 aliphatic carbocycles. The van der Waals surface area contributed by atoms with Gasteiger partial charge in [-0.15, -0.1) is 0 Å². The first-order valence-corrected chi connectivity index (χ1v) is 11.6. The summed E-state index contributed by atoms with van der Waals surface area (Å²) in [6.07, 6.45) is 0.358. The Balaban J connectivity index is 1.71. The van der Waals surface area contributed by atoms with Crippen LogP contribution in [0.1, 0.15) is 57.6 Å². The minimum atomic E-state index is -1.11. The maximum absolute atomic E-state index is 13.0. The Morgan fingerprint density at radius 1 is 1.03 bits per heavy atom. The highest BCUT2D eigenvalue weighted by atomic mass is 16.5. The van der Waals surface area contributed by atoms with E-state index in [1.165, 1.54) is 14.0 Å². The number of fused-ring (bicyclic) bond motifs is 3. The summed E-state index contributed by atoms with van der Waals surface area (Å²) >= 11 is 0. The van der Waals surface area contributed by atoms with E-state index in [0.29, 0.717) is 12.8 Å². The number of hydrogen-bond acceptors (Lipinski definition) is 4. The lowest BCUT2D eigenvalue weighted by Gasteiger charge is -2.29. The van der Waals surface area contributed by atoms with Crippen LogP contribution >= 0.6 is 0 Å². The second-order valence-corrected chi connectivity index (χ2v) is 10.1. The summed E-state index contributed by atoms with van der Waals surface area (Å²) in [7, 11) is 1.44. The predicted molar refractivity (Wildman–Crippen MR) is 131 cm³/mol. The van der Waals surface area contributed by atoms with Crippen LogP contribution in [0.3, 0.4) is 0 Å². The summed E-state index contributed by atoms with van der Waals surface area (Å²) in [6, 6.07) is 14.3. The van der Waals surface area contributed by atoms with Gasteiger partial charge in [-0.3, -0.25) is 4.79 Å². The van der Waals surface area contributed by atoms with E-state index < -0.39 is 30.1 Å². The van der Waals surface area contributed by atoms with E-state index in [1.54, 1.807) is 0 Å². The van der Waals surface area contributed by atoms with Crippen LogP contribution in [0.2, 0.25) is 0 Å². The zero-order valence-electron chi connectivity index (χ0n) is 20.5. The van der Waals surface area contributed by atoms with Gasteiger partial charge < -0.3 is 20.1 Å². The fraction of sp³-hybridized carbons (Fsp3) is 0.444. The lowest BCUT2D eigenvalue weighted by Crippen LogP contribution is -2.51. The molecule has 0 saturated carbocycles. The molecule has 0 bridgehead atoms. The number of carbonyl (C=O) groups excluding carboxylic acids is 2. The second-order valence-electron chi connectivity index (χ2n) is 10.1. The lowest BCUT2D eigenvalue weighted by molar-refractivity contribution is -0.149. The van der Waals surface area contributed by atoms with Gasteiger partial charge in [-0.05, 0) is 47.4 Å². The van der Waals surface area contributed by atoms with Gasteiger partial charge in [0.25, 0.3) is 0 Å². The van der Waals surface area contributed by atoms with E-state index in [1.807, 2.05) is 57.2 Å². The smallest absolute Gasteiger partial charge is 0.407 e. The monoisotopic (exact) mass is 466 g/mol. The molecule has 2 N–H and O–H groups in total. The molecule has 2 amide bonds. The minimum absolute atomic E-state index is 0.0572. The Morgan fingerprint density at radius 3 is 2.06 bits per heavy atom. The van der Waals surface area contributed by atoms with E-state index in [0.717, 1.165) is 27.2 Å². The van der Waals surface area contributed by atoms with Crippen LogP contribution in [0.15, 0.2) is 48.5 Å². The predicted octanol–water partition coefficient (Wildman–Crippen LogP) is 4.65. The number of likely N-dealkylation sites (N-methyl/N-ethyl adjacent to an activating group) is 1. The van der Waals surface area contributed by atoms with E-state index in [9.17, 15) is 19.5 Å². The highest BCUT2D eigenvalue weighted by Crippen LogP contribution is 2.44. The van der Waals surface area contributed by atoms with Crippen molar-refractivity contribution in [2.24, 2.45) is 5.41 Å². The lowest BCUT2D eigenvalue weighted by atomic mass is 9.88. The van der Waals surface area contributed by atoms with Crippen molar-refractivity contribution in [3.05, 3.63) is 59.7 Å². The molecular formula is C27H34N2O5. The van der Waals surface area contributed by atoms with Gasteiger partial charge in [-0.25, -0.2) is 9.59 Å². The molecule has 7 nitrogen and oxygen atoms in total. The molecule has 2 aromatic carbocycles. The third-order valence-electron chi connectivity index (χ3n) is 6.40. The number of aliphatic carboxylic acids is 1. The number of rotatable bonds is 8. The van der Waals surface area contributed by atoms with Crippen LogP contribution in [0.25, 0.3) is 11.1 Å². The topological polar surface area (TPSA) is 95.9 Å². The first kappa shape index (κ1) is 25.3. The van der Waals surface area contributed by atoms with Crippen molar-refractivity contribution in [1.29, 1.82) is 0 Å². The Kier molecular flexibility index (Phi) is 7.64. The third kappa shape index (κ3) is 5.76. The average Bonchev–Trinajstić information content (AvgIpc) is 3.12. The molecule has 0 aliphatic heterocycles. The Bertz CT molecular complexity index is 1010. The van der Waals surface area contributed by atoms with Crippen LogP contribution in [-0.4, -0.2) is 53.7 Å². The summed E-state index contributed by atoms with van der Waals surface area (Å²) < 4.78 is 5.60. The van der Waals surface area contributed by atoms with Gasteiger partial charge in [0.05, 0.1) is 0 Å². The molecule has 3 rings (SSSR count). The zero-order valence-corrected chi connectivity index (χ0v) is 20.5. The van der Waals surface area contributed by atoms with Gasteiger partial charge in [-0.2, -0.15) is 0 Å². The number of alkyl carbamates (subject to hydrolysis) is 1. The van der Waals surface area contributed by atoms with Gasteiger partial charge in [-0.1, -0.05) is 69.3 Å². The molecule has 1 aliphatic rings. The maximum Gasteiger partial charge on any atom is 0.407 e. The Hall–Kier alpha value is -3.35. The maximum atomic E-state index is 13.0. The molecule has 0 saturated heterocycles. The largest absolute Gasteiger partial charge is 0.480 e. The second kappa shape index (κ2) is 10.3. The van der Waals surface area contributed by atoms with Crippen LogP contribution in [0.5, 0.6) is 0 Å². The molecule has 182 valence electrons. The number of carbonyl (C=O) groups is 3. The molecule has 0 fully saturated rings. The molecule has 0 aromatic heterocycles. The third-order valence-corrected chi connectivity index (χ3v) is 6.40. The van der Waals surface area contributed by atoms with Crippen LogP contribution in [-0.2, 0) is 14.3 Å². The first-order chi connectivity index (χ1) is 16.0. The fourth-order valence-corrected chi connectivity index (χ4v) is 4.22. The van der Waals surface area contributed by atoms with Crippen molar-refractivity contribution in [3.8, 4) is 11.1 Å². The quantitative estimate of drug-likeness (QED) is 0.590. The normalized spacial score (nSPS) is 14.5. The zero-order chi connectivity index (χ0) is 25.0. The van der Waals surface area contributed by atoms with E-state index in [2.05, 4.69) is 17.4 Å². The number of nitrogens with zero attached hydrogens (tertiary/aromatic N) is 1. The summed E-state index contributed by atoms with van der Waals surface area (Å²) in [4.78, 5) is 38.3. The van der Waals surface area contributed by atoms with Crippen LogP contribution in [0, 0.1) is 5.41 Å². The number of hydrogen-bond donors (Lipinski definition) is 2. The van der Waals surface area contributed by atoms with Crippen molar-refractivity contribution in [2.75, 3.05) is 13.7 Å². The first-order valence-electron chi connectivity index (χ1n) is 11.6. The summed E-state index contributed by atoms with van der Waals surface area (Å²) in [6.45, 7) is 7.72. The van der Waals surface area contributed by atoms with E-state index >= 15 is 0 Å². The number of carboxylic acids is 1. The van der Waals surface area contributed by atoms with Gasteiger partial charge in [0.15, 0.2) is 0 Å². The molecule has 0 spiro atoms. The van der Waals surface area contributed by atoms with E-state index in [4.69, 9.17) is 4.74 Å². The van der Waals surface area contributed by atoms with Gasteiger partial charge in [0.1, 0.15) is 18.7 Å². The van der Waals surface area contributed by atoms with Gasteiger partial charge in [0.2, 0.25) is 5.91 Å². The number of nitrogens with one attached hydrogen (secondary N) is 1. The average molecular weight is 467 g/mol. The SMILES string of the molecule is C[C@@H](C(=O)O)N(C)C(=O)C(CCC(C)(C)C)NC(=O)OCC1c2ccccc2-c2ccccc21. The van der Waals surface area contributed by atoms with Crippen LogP contribution in [0.4, 0.5) is 4.79 Å². The minimum Gasteiger partial charge on any atom is -0.480 e. The number of amides is 2. The molecule has 0 radical (unpaired) electrons. The highest BCUT2D eigenvalue weighted by Gasteiger charge is 2.32. The van der Waals surface area contributed by atoms with Crippen molar-refractivity contribution in [3.63, 3.8) is 0 Å². The molecule has 34 heavy (non-hydrogen) atoms. The van der Waals surface area contributed by atoms with Gasteiger partial charge >= 0.3 is 12.1 Å². The molecule has 1 unspecified atom stereocenters. The fourth-order valence-electron chi connectivity index (χ4n) is 4.22. The van der Waals surface area contributed by atoms with Crippen molar-refractivity contribution in [2.45, 2.75) is 58.5 Å². The highest BCUT2D eigenvalue weighted by molar-refractivity contribution is 5.89. The molecule has 7 heteroatoms. The Labute approximate surface area is 201 Å². The van der Waals surface area contributed by atoms with E-state index in [-0.39, 0.29) is 17.9 Å². The molecule has 2 aromatic rings. The number of ether oxygens (including phenoxy) is 1. The number of benzene rings is 2. The van der Waals surface area contributed by atoms with Crippen molar-refractivity contribution < 1.29 is 24.2 Å². The Morgan fingerprint density at radius 2 is 1.56 bits per heavy atom. The molecular weight excluding hydrogens is 432 g/mol. The molecule has 0 heterocycles. The standard InChI is InChI=1S/C27H34N2O5/c1-17(25(31)32)29(5)24(30)23(14-15-27(2,3)4)28-26(33)34-16-22-20-12-8-6-10-18(20)19-11-7-9-13-21(19)22/h6-13,17,22-23H,14-16H2,1-5H3,(H,28,33)(H,31,32)/t17-,23?/m0/s1. The molecule has 2 atom stereocenters. The summed E-state index contributed by atoms with van der Waals surface area (Å²) in [5, 5.41) is 12.0. The van der Waals surface area contributed by atoms with Crippen LogP contribution < -0.4 is 5.32 Å². The van der Waals surface area contributed by atoms with Crippen molar-refractivity contribution >= 4 is 18.0 Å². The summed E-state index contributed by atoms with van der Waals surface area (Å²) in [5.41, 5.74) is 4.42. The number of carboxylic acid groups (broad SMARTS) is 1. The summed E-state index contributed by atoms with van der Waals surface area (Å²) in [5.74, 6) is -1.64.